The summed E-state index contributed by atoms with van der Waals surface area (Å²) >= 11 is 0. The van der Waals surface area contributed by atoms with Crippen LogP contribution in [0.15, 0.2) is 59.7 Å². The zero-order valence-electron chi connectivity index (χ0n) is 12.4. The number of hydrogen-bond acceptors (Lipinski definition) is 4. The maximum absolute atomic E-state index is 11.7. The van der Waals surface area contributed by atoms with Gasteiger partial charge in [0.15, 0.2) is 0 Å². The minimum atomic E-state index is -0.375. The number of para-hydroxylation sites is 2. The van der Waals surface area contributed by atoms with E-state index in [0.29, 0.717) is 11.3 Å². The van der Waals surface area contributed by atoms with Crippen LogP contribution in [0.2, 0.25) is 0 Å². The Bertz CT molecular complexity index is 699. The van der Waals surface area contributed by atoms with E-state index in [1.165, 1.54) is 12.3 Å². The first-order valence-electron chi connectivity index (χ1n) is 7.10. The summed E-state index contributed by atoms with van der Waals surface area (Å²) in [6.07, 6.45) is 1.43. The lowest BCUT2D eigenvalue weighted by Crippen LogP contribution is -2.20. The number of phenols is 1. The van der Waals surface area contributed by atoms with Crippen LogP contribution in [0.25, 0.3) is 0 Å². The molecule has 0 bridgehead atoms. The SMILES string of the molecule is O=C(CCC(=O)Nc1ccccc1)NN=Cc1ccccc1O. The van der Waals surface area contributed by atoms with E-state index >= 15 is 0 Å². The van der Waals surface area contributed by atoms with Gasteiger partial charge in [-0.25, -0.2) is 5.43 Å². The number of nitrogens with one attached hydrogen (secondary N) is 2. The highest BCUT2D eigenvalue weighted by Gasteiger charge is 2.06. The fourth-order valence-electron chi connectivity index (χ4n) is 1.80. The van der Waals surface area contributed by atoms with Gasteiger partial charge in [0.2, 0.25) is 11.8 Å². The Morgan fingerprint density at radius 3 is 2.35 bits per heavy atom. The maximum Gasteiger partial charge on any atom is 0.240 e. The van der Waals surface area contributed by atoms with Crippen LogP contribution < -0.4 is 10.7 Å². The number of carbonyl (C=O) groups excluding carboxylic acids is 2. The molecule has 118 valence electrons. The number of carbonyl (C=O) groups is 2. The molecule has 0 radical (unpaired) electrons. The van der Waals surface area contributed by atoms with Crippen molar-refractivity contribution >= 4 is 23.7 Å². The average Bonchev–Trinajstić information content (AvgIpc) is 2.56. The summed E-state index contributed by atoms with van der Waals surface area (Å²) < 4.78 is 0. The second-order valence-electron chi connectivity index (χ2n) is 4.77. The van der Waals surface area contributed by atoms with E-state index in [9.17, 15) is 14.7 Å². The van der Waals surface area contributed by atoms with Crippen LogP contribution in [0.5, 0.6) is 5.75 Å². The van der Waals surface area contributed by atoms with Gasteiger partial charge in [-0.1, -0.05) is 30.3 Å². The number of hydrogen-bond donors (Lipinski definition) is 3. The van der Waals surface area contributed by atoms with Gasteiger partial charge in [0.05, 0.1) is 6.21 Å². The van der Waals surface area contributed by atoms with E-state index < -0.39 is 0 Å². The second kappa shape index (κ2) is 8.33. The molecule has 6 nitrogen and oxygen atoms in total. The molecule has 0 aliphatic heterocycles. The van der Waals surface area contributed by atoms with Crippen LogP contribution in [-0.2, 0) is 9.59 Å². The predicted octanol–water partition coefficient (Wildman–Crippen LogP) is 2.26. The van der Waals surface area contributed by atoms with Gasteiger partial charge < -0.3 is 10.4 Å². The van der Waals surface area contributed by atoms with Crippen molar-refractivity contribution in [1.82, 2.24) is 5.43 Å². The molecule has 0 fully saturated rings. The number of aromatic hydroxyl groups is 1. The highest BCUT2D eigenvalue weighted by Crippen LogP contribution is 2.12. The largest absolute Gasteiger partial charge is 0.507 e. The van der Waals surface area contributed by atoms with Crippen LogP contribution in [0.3, 0.4) is 0 Å². The smallest absolute Gasteiger partial charge is 0.240 e. The Labute approximate surface area is 133 Å². The Balaban J connectivity index is 1.73. The molecule has 23 heavy (non-hydrogen) atoms. The second-order valence-corrected chi connectivity index (χ2v) is 4.77. The van der Waals surface area contributed by atoms with Gasteiger partial charge in [-0.15, -0.1) is 0 Å². The molecule has 0 atom stereocenters. The van der Waals surface area contributed by atoms with Gasteiger partial charge in [-0.2, -0.15) is 5.10 Å². The number of anilines is 1. The summed E-state index contributed by atoms with van der Waals surface area (Å²) in [6, 6.07) is 15.7. The molecular weight excluding hydrogens is 294 g/mol. The molecule has 0 spiro atoms. The number of hydrazone groups is 1. The van der Waals surface area contributed by atoms with Crippen molar-refractivity contribution in [2.45, 2.75) is 12.8 Å². The quantitative estimate of drug-likeness (QED) is 0.564. The van der Waals surface area contributed by atoms with Gasteiger partial charge >= 0.3 is 0 Å². The van der Waals surface area contributed by atoms with E-state index in [4.69, 9.17) is 0 Å². The third kappa shape index (κ3) is 5.62. The number of benzene rings is 2. The molecule has 0 heterocycles. The first kappa shape index (κ1) is 16.2. The minimum absolute atomic E-state index is 0.0246. The van der Waals surface area contributed by atoms with E-state index in [1.54, 1.807) is 30.3 Å². The van der Waals surface area contributed by atoms with Crippen molar-refractivity contribution in [1.29, 1.82) is 0 Å². The van der Waals surface area contributed by atoms with Gasteiger partial charge in [0.1, 0.15) is 5.75 Å². The van der Waals surface area contributed by atoms with Crippen molar-refractivity contribution < 1.29 is 14.7 Å². The van der Waals surface area contributed by atoms with Crippen molar-refractivity contribution in [2.24, 2.45) is 5.10 Å². The molecule has 2 amide bonds. The number of nitrogens with zero attached hydrogens (tertiary/aromatic N) is 1. The topological polar surface area (TPSA) is 90.8 Å². The average molecular weight is 311 g/mol. The molecular formula is C17H17N3O3. The van der Waals surface area contributed by atoms with Crippen molar-refractivity contribution in [3.8, 4) is 5.75 Å². The fraction of sp³-hybridized carbons (Fsp3) is 0.118. The summed E-state index contributed by atoms with van der Waals surface area (Å²) in [6.45, 7) is 0. The zero-order valence-corrected chi connectivity index (χ0v) is 12.4. The van der Waals surface area contributed by atoms with Crippen LogP contribution >= 0.6 is 0 Å². The fourth-order valence-corrected chi connectivity index (χ4v) is 1.80. The van der Waals surface area contributed by atoms with Crippen molar-refractivity contribution in [2.75, 3.05) is 5.32 Å². The molecule has 2 rings (SSSR count). The van der Waals surface area contributed by atoms with E-state index in [0.717, 1.165) is 0 Å². The molecule has 6 heteroatoms. The summed E-state index contributed by atoms with van der Waals surface area (Å²) in [4.78, 5) is 23.3. The van der Waals surface area contributed by atoms with Crippen molar-refractivity contribution in [3.63, 3.8) is 0 Å². The first-order chi connectivity index (χ1) is 11.1. The Morgan fingerprint density at radius 1 is 0.957 bits per heavy atom. The number of amides is 2. The maximum atomic E-state index is 11.7. The summed E-state index contributed by atoms with van der Waals surface area (Å²) in [7, 11) is 0. The number of phenolic OH excluding ortho intramolecular Hbond substituents is 1. The van der Waals surface area contributed by atoms with Gasteiger partial charge in [-0.05, 0) is 24.3 Å². The summed E-state index contributed by atoms with van der Waals surface area (Å²) in [5.41, 5.74) is 3.50. The molecule has 0 saturated heterocycles. The first-order valence-corrected chi connectivity index (χ1v) is 7.10. The lowest BCUT2D eigenvalue weighted by molar-refractivity contribution is -0.124. The molecule has 0 aliphatic carbocycles. The molecule has 0 aliphatic rings. The van der Waals surface area contributed by atoms with Gasteiger partial charge in [0.25, 0.3) is 0 Å². The van der Waals surface area contributed by atoms with E-state index in [1.807, 2.05) is 18.2 Å². The zero-order chi connectivity index (χ0) is 16.5. The van der Waals surface area contributed by atoms with Crippen LogP contribution in [0.4, 0.5) is 5.69 Å². The Hall–Kier alpha value is -3.15. The Morgan fingerprint density at radius 2 is 1.61 bits per heavy atom. The Kier molecular flexibility index (Phi) is 5.88. The highest BCUT2D eigenvalue weighted by atomic mass is 16.3. The normalized spacial score (nSPS) is 10.4. The summed E-state index contributed by atoms with van der Waals surface area (Å²) in [5, 5.41) is 16.0. The number of rotatable bonds is 6. The molecule has 0 unspecified atom stereocenters. The predicted molar refractivity (Wildman–Crippen MR) is 88.1 cm³/mol. The monoisotopic (exact) mass is 311 g/mol. The lowest BCUT2D eigenvalue weighted by Gasteiger charge is -2.04. The molecule has 0 aromatic heterocycles. The van der Waals surface area contributed by atoms with Crippen LogP contribution in [-0.4, -0.2) is 23.1 Å². The molecule has 2 aromatic rings. The minimum Gasteiger partial charge on any atom is -0.507 e. The third-order valence-corrected chi connectivity index (χ3v) is 2.97. The van der Waals surface area contributed by atoms with E-state index in [2.05, 4.69) is 15.8 Å². The van der Waals surface area contributed by atoms with Crippen LogP contribution in [0.1, 0.15) is 18.4 Å². The van der Waals surface area contributed by atoms with Gasteiger partial charge in [-0.3, -0.25) is 9.59 Å². The highest BCUT2D eigenvalue weighted by molar-refractivity contribution is 5.93. The van der Waals surface area contributed by atoms with Crippen LogP contribution in [0, 0.1) is 0 Å². The molecule has 0 saturated carbocycles. The van der Waals surface area contributed by atoms with Crippen molar-refractivity contribution in [3.05, 3.63) is 60.2 Å². The molecule has 3 N–H and O–H groups in total. The standard InChI is InChI=1S/C17H17N3O3/c21-15-9-5-4-6-13(15)12-18-20-17(23)11-10-16(22)19-14-7-2-1-3-8-14/h1-9,12,21H,10-11H2,(H,19,22)(H,20,23). The van der Waals surface area contributed by atoms with Gasteiger partial charge in [0, 0.05) is 24.1 Å². The third-order valence-electron chi connectivity index (χ3n) is 2.97. The summed E-state index contributed by atoms with van der Waals surface area (Å²) in [5.74, 6) is -0.538. The van der Waals surface area contributed by atoms with E-state index in [-0.39, 0.29) is 30.4 Å². The lowest BCUT2D eigenvalue weighted by atomic mass is 10.2. The molecule has 2 aromatic carbocycles.